The lowest BCUT2D eigenvalue weighted by molar-refractivity contribution is 0.0955. The topological polar surface area (TPSA) is 48.5 Å². The maximum atomic E-state index is 12.0. The van der Waals surface area contributed by atoms with Crippen LogP contribution in [0.4, 0.5) is 5.82 Å². The van der Waals surface area contributed by atoms with Crippen LogP contribution in [0, 0.1) is 0 Å². The quantitative estimate of drug-likeness (QED) is 0.920. The van der Waals surface area contributed by atoms with E-state index in [4.69, 9.17) is 11.6 Å². The molecule has 2 aromatic rings. The molecule has 1 fully saturated rings. The molecule has 0 spiro atoms. The van der Waals surface area contributed by atoms with E-state index in [2.05, 4.69) is 27.1 Å². The van der Waals surface area contributed by atoms with Crippen molar-refractivity contribution in [2.75, 3.05) is 38.1 Å². The second kappa shape index (κ2) is 7.29. The van der Waals surface area contributed by atoms with Crippen molar-refractivity contribution in [2.45, 2.75) is 6.54 Å². The van der Waals surface area contributed by atoms with Crippen LogP contribution in [0.5, 0.6) is 0 Å². The third-order valence-electron chi connectivity index (χ3n) is 3.89. The van der Waals surface area contributed by atoms with E-state index in [1.807, 2.05) is 18.3 Å². The van der Waals surface area contributed by atoms with Gasteiger partial charge < -0.3 is 15.1 Å². The molecular weight excluding hydrogens is 332 g/mol. The molecule has 0 aliphatic carbocycles. The average Bonchev–Trinajstić information content (AvgIpc) is 3.00. The van der Waals surface area contributed by atoms with Crippen LogP contribution in [-0.4, -0.2) is 49.0 Å². The van der Waals surface area contributed by atoms with E-state index in [9.17, 15) is 4.79 Å². The predicted octanol–water partition coefficient (Wildman–Crippen LogP) is 2.48. The van der Waals surface area contributed by atoms with E-state index in [-0.39, 0.29) is 5.91 Å². The molecule has 1 saturated heterocycles. The van der Waals surface area contributed by atoms with Gasteiger partial charge in [-0.3, -0.25) is 4.79 Å². The summed E-state index contributed by atoms with van der Waals surface area (Å²) in [4.78, 5) is 21.7. The van der Waals surface area contributed by atoms with Crippen LogP contribution in [0.3, 0.4) is 0 Å². The van der Waals surface area contributed by atoms with Gasteiger partial charge >= 0.3 is 0 Å². The van der Waals surface area contributed by atoms with Crippen molar-refractivity contribution in [3.63, 3.8) is 0 Å². The molecular formula is C16H19ClN4OS. The van der Waals surface area contributed by atoms with Gasteiger partial charge in [0, 0.05) is 38.9 Å². The van der Waals surface area contributed by atoms with Crippen molar-refractivity contribution < 1.29 is 4.79 Å². The normalized spacial score (nSPS) is 15.7. The van der Waals surface area contributed by atoms with Gasteiger partial charge in [0.1, 0.15) is 5.82 Å². The molecule has 0 radical (unpaired) electrons. The highest BCUT2D eigenvalue weighted by molar-refractivity contribution is 7.17. The van der Waals surface area contributed by atoms with Crippen LogP contribution in [0.25, 0.3) is 0 Å². The van der Waals surface area contributed by atoms with Crippen molar-refractivity contribution in [3.05, 3.63) is 45.2 Å². The van der Waals surface area contributed by atoms with Crippen LogP contribution < -0.4 is 10.2 Å². The van der Waals surface area contributed by atoms with Gasteiger partial charge in [-0.1, -0.05) is 17.7 Å². The van der Waals surface area contributed by atoms with Crippen molar-refractivity contribution in [1.82, 2.24) is 15.2 Å². The van der Waals surface area contributed by atoms with Gasteiger partial charge in [0.05, 0.1) is 9.21 Å². The van der Waals surface area contributed by atoms with Gasteiger partial charge in [-0.15, -0.1) is 11.3 Å². The molecule has 1 amide bonds. The Morgan fingerprint density at radius 1 is 1.26 bits per heavy atom. The van der Waals surface area contributed by atoms with Crippen LogP contribution in [0.1, 0.15) is 15.2 Å². The Morgan fingerprint density at radius 3 is 2.65 bits per heavy atom. The summed E-state index contributed by atoms with van der Waals surface area (Å²) in [5.74, 6) is 0.892. The number of hydrogen-bond donors (Lipinski definition) is 1. The van der Waals surface area contributed by atoms with E-state index in [1.165, 1.54) is 11.3 Å². The highest BCUT2D eigenvalue weighted by Gasteiger charge is 2.15. The number of aromatic nitrogens is 1. The maximum absolute atomic E-state index is 12.0. The minimum Gasteiger partial charge on any atom is -0.354 e. The van der Waals surface area contributed by atoms with E-state index in [1.54, 1.807) is 12.1 Å². The summed E-state index contributed by atoms with van der Waals surface area (Å²) in [6.07, 6.45) is 1.83. The Labute approximate surface area is 144 Å². The molecule has 1 aliphatic rings. The van der Waals surface area contributed by atoms with Crippen LogP contribution in [-0.2, 0) is 6.54 Å². The number of rotatable bonds is 4. The average molecular weight is 351 g/mol. The van der Waals surface area contributed by atoms with E-state index in [0.29, 0.717) is 15.8 Å². The molecule has 0 unspecified atom stereocenters. The molecule has 2 aromatic heterocycles. The Balaban J connectivity index is 1.54. The van der Waals surface area contributed by atoms with Crippen molar-refractivity contribution in [3.8, 4) is 0 Å². The van der Waals surface area contributed by atoms with E-state index in [0.717, 1.165) is 37.6 Å². The number of thiophene rings is 1. The molecule has 23 heavy (non-hydrogen) atoms. The Hall–Kier alpha value is -1.63. The van der Waals surface area contributed by atoms with Crippen molar-refractivity contribution in [2.24, 2.45) is 0 Å². The number of halogens is 1. The fourth-order valence-electron chi connectivity index (χ4n) is 2.45. The molecule has 3 rings (SSSR count). The minimum absolute atomic E-state index is 0.106. The smallest absolute Gasteiger partial charge is 0.261 e. The van der Waals surface area contributed by atoms with Crippen molar-refractivity contribution in [1.29, 1.82) is 0 Å². The third-order valence-corrected chi connectivity index (χ3v) is 5.12. The van der Waals surface area contributed by atoms with Crippen LogP contribution >= 0.6 is 22.9 Å². The molecule has 0 atom stereocenters. The fraction of sp³-hybridized carbons (Fsp3) is 0.375. The van der Waals surface area contributed by atoms with Gasteiger partial charge in [0.15, 0.2) is 0 Å². The number of likely N-dealkylation sites (N-methyl/N-ethyl adjacent to an activating group) is 1. The highest BCUT2D eigenvalue weighted by atomic mass is 35.5. The largest absolute Gasteiger partial charge is 0.354 e. The highest BCUT2D eigenvalue weighted by Crippen LogP contribution is 2.21. The summed E-state index contributed by atoms with van der Waals surface area (Å²) in [5.41, 5.74) is 0.985. The predicted molar refractivity (Wildman–Crippen MR) is 94.4 cm³/mol. The third kappa shape index (κ3) is 4.22. The number of nitrogens with zero attached hydrogens (tertiary/aromatic N) is 3. The molecule has 0 saturated carbocycles. The Bertz CT molecular complexity index is 665. The first-order valence-corrected chi connectivity index (χ1v) is 8.73. The Morgan fingerprint density at radius 2 is 2.04 bits per heavy atom. The summed E-state index contributed by atoms with van der Waals surface area (Å²) >= 11 is 7.12. The minimum atomic E-state index is -0.106. The number of pyridine rings is 1. The summed E-state index contributed by atoms with van der Waals surface area (Å²) in [5, 5.41) is 2.89. The fourth-order valence-corrected chi connectivity index (χ4v) is 3.41. The zero-order valence-corrected chi connectivity index (χ0v) is 14.5. The van der Waals surface area contributed by atoms with E-state index >= 15 is 0 Å². The SMILES string of the molecule is CN1CCN(c2ccc(CNC(=O)c3ccc(Cl)s3)cn2)CC1. The zero-order chi connectivity index (χ0) is 16.2. The van der Waals surface area contributed by atoms with Gasteiger partial charge in [0.2, 0.25) is 0 Å². The molecule has 7 heteroatoms. The lowest BCUT2D eigenvalue weighted by Gasteiger charge is -2.33. The van der Waals surface area contributed by atoms with Crippen LogP contribution in [0.15, 0.2) is 30.5 Å². The van der Waals surface area contributed by atoms with E-state index < -0.39 is 0 Å². The number of anilines is 1. The molecule has 5 nitrogen and oxygen atoms in total. The number of carbonyl (C=O) groups excluding carboxylic acids is 1. The molecule has 0 aromatic carbocycles. The number of amides is 1. The summed E-state index contributed by atoms with van der Waals surface area (Å²) in [6.45, 7) is 4.58. The standard InChI is InChI=1S/C16H19ClN4OS/c1-20-6-8-21(9-7-20)15-5-2-12(10-18-15)11-19-16(22)13-3-4-14(17)23-13/h2-5,10H,6-9,11H2,1H3,(H,19,22). The number of nitrogens with one attached hydrogen (secondary N) is 1. The second-order valence-corrected chi connectivity index (χ2v) is 7.32. The zero-order valence-electron chi connectivity index (χ0n) is 13.0. The van der Waals surface area contributed by atoms with Gasteiger partial charge in [0.25, 0.3) is 5.91 Å². The molecule has 0 bridgehead atoms. The molecule has 1 aliphatic heterocycles. The van der Waals surface area contributed by atoms with Crippen LogP contribution in [0.2, 0.25) is 4.34 Å². The monoisotopic (exact) mass is 350 g/mol. The summed E-state index contributed by atoms with van der Waals surface area (Å²) < 4.78 is 0.619. The van der Waals surface area contributed by atoms with Gasteiger partial charge in [-0.25, -0.2) is 4.98 Å². The van der Waals surface area contributed by atoms with Crippen molar-refractivity contribution >= 4 is 34.7 Å². The summed E-state index contributed by atoms with van der Waals surface area (Å²) in [6, 6.07) is 7.50. The lowest BCUT2D eigenvalue weighted by atomic mass is 10.2. The Kier molecular flexibility index (Phi) is 5.15. The van der Waals surface area contributed by atoms with Gasteiger partial charge in [-0.05, 0) is 30.8 Å². The molecule has 122 valence electrons. The summed E-state index contributed by atoms with van der Waals surface area (Å²) in [7, 11) is 2.14. The van der Waals surface area contributed by atoms with Gasteiger partial charge in [-0.2, -0.15) is 0 Å². The first-order chi connectivity index (χ1) is 11.1. The second-order valence-electron chi connectivity index (χ2n) is 5.60. The maximum Gasteiger partial charge on any atom is 0.261 e. The molecule has 3 heterocycles. The first kappa shape index (κ1) is 16.2. The number of hydrogen-bond acceptors (Lipinski definition) is 5. The number of carbonyl (C=O) groups is 1. The first-order valence-electron chi connectivity index (χ1n) is 7.54. The lowest BCUT2D eigenvalue weighted by Crippen LogP contribution is -2.44. The molecule has 1 N–H and O–H groups in total. The number of piperazine rings is 1.